The number of hydrogen-bond acceptors (Lipinski definition) is 11. The van der Waals surface area contributed by atoms with Crippen molar-refractivity contribution in [2.24, 2.45) is 0 Å². The van der Waals surface area contributed by atoms with E-state index in [2.05, 4.69) is 46.4 Å². The van der Waals surface area contributed by atoms with E-state index in [-0.39, 0.29) is 12.3 Å². The minimum Gasteiger partial charge on any atom is -0.494 e. The van der Waals surface area contributed by atoms with Gasteiger partial charge in [-0.3, -0.25) is 14.8 Å². The number of anilines is 5. The second-order valence-electron chi connectivity index (χ2n) is 10.6. The predicted molar refractivity (Wildman–Crippen MR) is 173 cm³/mol. The molecule has 2 aromatic heterocycles. The molecule has 0 aliphatic carbocycles. The highest BCUT2D eigenvalue weighted by atomic mass is 79.9. The molecule has 0 bridgehead atoms. The minimum atomic E-state index is -2.77. The second kappa shape index (κ2) is 12.8. The minimum absolute atomic E-state index is 0.0166. The van der Waals surface area contributed by atoms with Crippen LogP contribution in [0.15, 0.2) is 47.3 Å². The molecule has 1 aliphatic rings. The first-order valence-corrected chi connectivity index (χ1v) is 17.0. The number of ether oxygens (including phenoxy) is 2. The van der Waals surface area contributed by atoms with Crippen molar-refractivity contribution in [2.45, 2.75) is 6.42 Å². The van der Waals surface area contributed by atoms with Gasteiger partial charge in [0, 0.05) is 57.5 Å². The monoisotopic (exact) mass is 668 g/mol. The molecule has 43 heavy (non-hydrogen) atoms. The molecule has 0 unspecified atom stereocenters. The number of carbonyl (C=O) groups is 1. The number of benzene rings is 2. The predicted octanol–water partition coefficient (Wildman–Crippen LogP) is 4.39. The Labute approximate surface area is 258 Å². The van der Waals surface area contributed by atoms with Crippen molar-refractivity contribution in [2.75, 3.05) is 76.4 Å². The van der Waals surface area contributed by atoms with Crippen LogP contribution in [0, 0.1) is 0 Å². The lowest BCUT2D eigenvalue weighted by atomic mass is 10.0. The summed E-state index contributed by atoms with van der Waals surface area (Å²) in [5, 5.41) is 7.18. The first kappa shape index (κ1) is 30.7. The molecule has 2 aromatic carbocycles. The van der Waals surface area contributed by atoms with Gasteiger partial charge in [0.2, 0.25) is 11.9 Å². The highest BCUT2D eigenvalue weighted by Crippen LogP contribution is 2.41. The first-order valence-electron chi connectivity index (χ1n) is 13.6. The van der Waals surface area contributed by atoms with E-state index in [1.807, 2.05) is 24.3 Å². The van der Waals surface area contributed by atoms with Gasteiger partial charge in [0.1, 0.15) is 24.2 Å². The Balaban J connectivity index is 1.51. The quantitative estimate of drug-likeness (QED) is 0.246. The molecule has 0 atom stereocenters. The molecule has 226 valence electrons. The van der Waals surface area contributed by atoms with E-state index in [0.717, 1.165) is 11.3 Å². The van der Waals surface area contributed by atoms with Gasteiger partial charge < -0.3 is 34.5 Å². The van der Waals surface area contributed by atoms with Gasteiger partial charge in [0.05, 0.1) is 53.4 Å². The number of carbonyl (C=O) groups excluding carboxylic acids is 1. The van der Waals surface area contributed by atoms with Crippen LogP contribution in [-0.4, -0.2) is 91.6 Å². The molecule has 2 N–H and O–H groups in total. The molecule has 4 aromatic rings. The van der Waals surface area contributed by atoms with Gasteiger partial charge in [-0.15, -0.1) is 0 Å². The number of rotatable bonds is 9. The lowest BCUT2D eigenvalue weighted by Crippen LogP contribution is -2.37. The lowest BCUT2D eigenvalue weighted by Gasteiger charge is -2.31. The number of amides is 1. The van der Waals surface area contributed by atoms with Crippen LogP contribution in [0.4, 0.5) is 28.8 Å². The van der Waals surface area contributed by atoms with Crippen LogP contribution in [0.25, 0.3) is 11.0 Å². The molecule has 1 saturated heterocycles. The zero-order valence-corrected chi connectivity index (χ0v) is 27.2. The van der Waals surface area contributed by atoms with Crippen molar-refractivity contribution in [3.8, 4) is 5.75 Å². The van der Waals surface area contributed by atoms with Gasteiger partial charge in [-0.1, -0.05) is 0 Å². The molecule has 1 aliphatic heterocycles. The highest BCUT2D eigenvalue weighted by molar-refractivity contribution is 9.10. The number of morpholine rings is 1. The van der Waals surface area contributed by atoms with Crippen LogP contribution >= 0.6 is 23.1 Å². The summed E-state index contributed by atoms with van der Waals surface area (Å²) in [5.41, 5.74) is 4.24. The third-order valence-electron chi connectivity index (χ3n) is 6.99. The Morgan fingerprint density at radius 2 is 1.84 bits per heavy atom. The normalized spacial score (nSPS) is 13.6. The highest BCUT2D eigenvalue weighted by Gasteiger charge is 2.24. The summed E-state index contributed by atoms with van der Waals surface area (Å²) in [6.07, 6.45) is 5.04. The standard InChI is InChI=1S/C29H34BrN8O4P/c1-37(2)25(39)15-18-14-22(24(41-3)16-23(18)38-10-12-42-13-11-38)35-29-33-17-19(30)28(36-29)34-21-7-6-20-26(32-9-8-31-20)27(21)43(4,5)40/h6-9,14,16-17H,10-13,15H2,1-5H3,(H2,33,34,35,36). The summed E-state index contributed by atoms with van der Waals surface area (Å²) < 4.78 is 25.3. The second-order valence-corrected chi connectivity index (χ2v) is 14.6. The van der Waals surface area contributed by atoms with Gasteiger partial charge in [-0.25, -0.2) is 4.98 Å². The SMILES string of the molecule is COc1cc(N2CCOCC2)c(CC(=O)N(C)C)cc1Nc1ncc(Br)c(Nc2ccc3nccnc3c2P(C)(C)=O)n1. The third kappa shape index (κ3) is 6.90. The maximum atomic E-state index is 13.4. The molecule has 3 heterocycles. The van der Waals surface area contributed by atoms with E-state index >= 15 is 0 Å². The van der Waals surface area contributed by atoms with Crippen LogP contribution in [0.3, 0.4) is 0 Å². The van der Waals surface area contributed by atoms with Crippen molar-refractivity contribution in [3.05, 3.63) is 52.9 Å². The fourth-order valence-electron chi connectivity index (χ4n) is 4.87. The van der Waals surface area contributed by atoms with Gasteiger partial charge in [-0.2, -0.15) is 4.98 Å². The van der Waals surface area contributed by atoms with Crippen molar-refractivity contribution < 1.29 is 18.8 Å². The van der Waals surface area contributed by atoms with E-state index < -0.39 is 7.14 Å². The topological polar surface area (TPSA) is 135 Å². The zero-order valence-electron chi connectivity index (χ0n) is 24.7. The largest absolute Gasteiger partial charge is 0.494 e. The smallest absolute Gasteiger partial charge is 0.229 e. The molecule has 1 amide bonds. The average Bonchev–Trinajstić information content (AvgIpc) is 2.98. The average molecular weight is 670 g/mol. The number of halogens is 1. The Bertz CT molecular complexity index is 1710. The molecule has 5 rings (SSSR count). The van der Waals surface area contributed by atoms with Crippen LogP contribution in [0.5, 0.6) is 5.75 Å². The van der Waals surface area contributed by atoms with Crippen molar-refractivity contribution in [1.82, 2.24) is 24.8 Å². The van der Waals surface area contributed by atoms with Gasteiger partial charge in [0.15, 0.2) is 0 Å². The van der Waals surface area contributed by atoms with Crippen LogP contribution in [0.1, 0.15) is 5.56 Å². The number of nitrogens with zero attached hydrogens (tertiary/aromatic N) is 6. The number of likely N-dealkylation sites (N-methyl/N-ethyl adjacent to an activating group) is 1. The fraction of sp³-hybridized carbons (Fsp3) is 0.345. The summed E-state index contributed by atoms with van der Waals surface area (Å²) >= 11 is 3.54. The molecule has 0 saturated carbocycles. The number of nitrogens with one attached hydrogen (secondary N) is 2. The summed E-state index contributed by atoms with van der Waals surface area (Å²) in [7, 11) is 2.31. The Morgan fingerprint density at radius 3 is 2.53 bits per heavy atom. The molecule has 14 heteroatoms. The summed E-state index contributed by atoms with van der Waals surface area (Å²) in [6, 6.07) is 7.50. The van der Waals surface area contributed by atoms with E-state index in [9.17, 15) is 9.36 Å². The van der Waals surface area contributed by atoms with Crippen LogP contribution < -0.4 is 25.6 Å². The van der Waals surface area contributed by atoms with Gasteiger partial charge in [-0.05, 0) is 53.0 Å². The lowest BCUT2D eigenvalue weighted by molar-refractivity contribution is -0.127. The number of fused-ring (bicyclic) bond motifs is 1. The Kier molecular flexibility index (Phi) is 9.14. The molecule has 0 radical (unpaired) electrons. The van der Waals surface area contributed by atoms with E-state index in [1.54, 1.807) is 58.0 Å². The maximum absolute atomic E-state index is 13.4. The number of methoxy groups -OCH3 is 1. The summed E-state index contributed by atoms with van der Waals surface area (Å²) in [5.74, 6) is 1.32. The number of aromatic nitrogens is 4. The maximum Gasteiger partial charge on any atom is 0.229 e. The van der Waals surface area contributed by atoms with Crippen molar-refractivity contribution in [3.63, 3.8) is 0 Å². The van der Waals surface area contributed by atoms with E-state index in [0.29, 0.717) is 76.0 Å². The first-order chi connectivity index (χ1) is 20.5. The van der Waals surface area contributed by atoms with Gasteiger partial charge in [0.25, 0.3) is 0 Å². The van der Waals surface area contributed by atoms with Gasteiger partial charge >= 0.3 is 0 Å². The third-order valence-corrected chi connectivity index (χ3v) is 9.10. The summed E-state index contributed by atoms with van der Waals surface area (Å²) in [6.45, 7) is 6.07. The van der Waals surface area contributed by atoms with Crippen molar-refractivity contribution in [1.29, 1.82) is 0 Å². The Morgan fingerprint density at radius 1 is 1.09 bits per heavy atom. The number of hydrogen-bond donors (Lipinski definition) is 2. The fourth-order valence-corrected chi connectivity index (χ4v) is 6.56. The molecule has 1 fully saturated rings. The van der Waals surface area contributed by atoms with E-state index in [4.69, 9.17) is 14.5 Å². The summed E-state index contributed by atoms with van der Waals surface area (Å²) in [4.78, 5) is 34.6. The molecular formula is C29H34BrN8O4P. The molecular weight excluding hydrogens is 635 g/mol. The zero-order chi connectivity index (χ0) is 30.7. The van der Waals surface area contributed by atoms with Crippen LogP contribution in [0.2, 0.25) is 0 Å². The van der Waals surface area contributed by atoms with E-state index in [1.165, 1.54) is 0 Å². The van der Waals surface area contributed by atoms with Crippen molar-refractivity contribution >= 4 is 74.1 Å². The Hall–Kier alpha value is -3.80. The van der Waals surface area contributed by atoms with Crippen LogP contribution in [-0.2, 0) is 20.5 Å². The molecule has 0 spiro atoms. The molecule has 12 nitrogen and oxygen atoms in total.